The first-order valence-electron chi connectivity index (χ1n) is 6.68. The predicted octanol–water partition coefficient (Wildman–Crippen LogP) is 2.85. The summed E-state index contributed by atoms with van der Waals surface area (Å²) in [7, 11) is 3.16. The fourth-order valence-corrected chi connectivity index (χ4v) is 2.24. The SMILES string of the molecule is CCC(N)(c1cc(OC)cc(OC)c1)c1ccc(F)cn1. The van der Waals surface area contributed by atoms with Gasteiger partial charge in [0.1, 0.15) is 17.3 Å². The average Bonchev–Trinajstić information content (AvgIpc) is 2.54. The number of methoxy groups -OCH3 is 2. The van der Waals surface area contributed by atoms with Crippen LogP contribution in [0.5, 0.6) is 11.5 Å². The summed E-state index contributed by atoms with van der Waals surface area (Å²) in [6.07, 6.45) is 1.77. The van der Waals surface area contributed by atoms with Gasteiger partial charge in [0.05, 0.1) is 31.6 Å². The Kier molecular flexibility index (Phi) is 4.43. The number of halogens is 1. The minimum absolute atomic E-state index is 0.388. The maximum absolute atomic E-state index is 13.1. The molecule has 2 aromatic rings. The maximum atomic E-state index is 13.1. The molecule has 2 N–H and O–H groups in total. The normalized spacial score (nSPS) is 13.6. The van der Waals surface area contributed by atoms with E-state index in [0.717, 1.165) is 5.56 Å². The van der Waals surface area contributed by atoms with Crippen molar-refractivity contribution < 1.29 is 13.9 Å². The molecule has 4 nitrogen and oxygen atoms in total. The van der Waals surface area contributed by atoms with Gasteiger partial charge in [-0.1, -0.05) is 6.92 Å². The molecule has 0 spiro atoms. The van der Waals surface area contributed by atoms with E-state index in [2.05, 4.69) is 4.98 Å². The Balaban J connectivity index is 2.56. The van der Waals surface area contributed by atoms with Crippen molar-refractivity contribution in [2.75, 3.05) is 14.2 Å². The van der Waals surface area contributed by atoms with Gasteiger partial charge in [-0.15, -0.1) is 0 Å². The van der Waals surface area contributed by atoms with Crippen molar-refractivity contribution in [3.63, 3.8) is 0 Å². The predicted molar refractivity (Wildman–Crippen MR) is 79.0 cm³/mol. The first kappa shape index (κ1) is 15.3. The summed E-state index contributed by atoms with van der Waals surface area (Å²) in [6, 6.07) is 8.42. The highest BCUT2D eigenvalue weighted by atomic mass is 19.1. The van der Waals surface area contributed by atoms with Crippen molar-refractivity contribution >= 4 is 0 Å². The third-order valence-corrected chi connectivity index (χ3v) is 3.61. The van der Waals surface area contributed by atoms with Crippen LogP contribution in [0, 0.1) is 5.82 Å². The van der Waals surface area contributed by atoms with Crippen LogP contribution in [-0.4, -0.2) is 19.2 Å². The number of pyridine rings is 1. The Morgan fingerprint density at radius 3 is 2.19 bits per heavy atom. The summed E-state index contributed by atoms with van der Waals surface area (Å²) in [6.45, 7) is 1.96. The molecule has 0 radical (unpaired) electrons. The van der Waals surface area contributed by atoms with E-state index in [4.69, 9.17) is 15.2 Å². The van der Waals surface area contributed by atoms with E-state index in [9.17, 15) is 4.39 Å². The number of rotatable bonds is 5. The molecule has 1 aromatic carbocycles. The largest absolute Gasteiger partial charge is 0.497 e. The lowest BCUT2D eigenvalue weighted by Crippen LogP contribution is -2.38. The van der Waals surface area contributed by atoms with Crippen LogP contribution >= 0.6 is 0 Å². The van der Waals surface area contributed by atoms with Gasteiger partial charge in [-0.3, -0.25) is 4.98 Å². The molecular formula is C16H19FN2O2. The second kappa shape index (κ2) is 6.10. The van der Waals surface area contributed by atoms with Gasteiger partial charge in [0.15, 0.2) is 0 Å². The van der Waals surface area contributed by atoms with E-state index < -0.39 is 5.54 Å². The Morgan fingerprint density at radius 2 is 1.76 bits per heavy atom. The molecule has 112 valence electrons. The van der Waals surface area contributed by atoms with Crippen molar-refractivity contribution in [2.24, 2.45) is 5.73 Å². The summed E-state index contributed by atoms with van der Waals surface area (Å²) in [5.41, 5.74) is 7.11. The van der Waals surface area contributed by atoms with Gasteiger partial charge in [0.2, 0.25) is 0 Å². The number of nitrogens with two attached hydrogens (primary N) is 1. The average molecular weight is 290 g/mol. The molecule has 21 heavy (non-hydrogen) atoms. The maximum Gasteiger partial charge on any atom is 0.141 e. The van der Waals surface area contributed by atoms with Crippen LogP contribution in [0.15, 0.2) is 36.5 Å². The third kappa shape index (κ3) is 2.97. The molecule has 0 aliphatic carbocycles. The number of ether oxygens (including phenoxy) is 2. The zero-order valence-electron chi connectivity index (χ0n) is 12.4. The fraction of sp³-hybridized carbons (Fsp3) is 0.312. The van der Waals surface area contributed by atoms with Gasteiger partial charge in [-0.2, -0.15) is 0 Å². The number of nitrogens with zero attached hydrogens (tertiary/aromatic N) is 1. The summed E-state index contributed by atoms with van der Waals surface area (Å²) < 4.78 is 23.6. The summed E-state index contributed by atoms with van der Waals surface area (Å²) in [5, 5.41) is 0. The van der Waals surface area contributed by atoms with E-state index >= 15 is 0 Å². The molecule has 1 aromatic heterocycles. The molecule has 0 fully saturated rings. The third-order valence-electron chi connectivity index (χ3n) is 3.61. The van der Waals surface area contributed by atoms with Crippen LogP contribution in [0.2, 0.25) is 0 Å². The molecule has 0 aliphatic heterocycles. The van der Waals surface area contributed by atoms with Crippen LogP contribution in [0.3, 0.4) is 0 Å². The van der Waals surface area contributed by atoms with E-state index in [1.165, 1.54) is 12.3 Å². The highest BCUT2D eigenvalue weighted by Crippen LogP contribution is 2.34. The topological polar surface area (TPSA) is 57.4 Å². The second-order valence-corrected chi connectivity index (χ2v) is 4.79. The van der Waals surface area contributed by atoms with Gasteiger partial charge in [0, 0.05) is 6.07 Å². The Bertz CT molecular complexity index is 594. The molecule has 0 saturated heterocycles. The standard InChI is InChI=1S/C16H19FN2O2/c1-4-16(18,15-6-5-12(17)10-19-15)11-7-13(20-2)9-14(8-11)21-3/h5-10H,4,18H2,1-3H3. The van der Waals surface area contributed by atoms with Gasteiger partial charge < -0.3 is 15.2 Å². The molecule has 5 heteroatoms. The van der Waals surface area contributed by atoms with Crippen LogP contribution < -0.4 is 15.2 Å². The first-order chi connectivity index (χ1) is 10.0. The second-order valence-electron chi connectivity index (χ2n) is 4.79. The monoisotopic (exact) mass is 290 g/mol. The van der Waals surface area contributed by atoms with Crippen molar-refractivity contribution in [3.8, 4) is 11.5 Å². The molecule has 0 aliphatic rings. The molecule has 1 unspecified atom stereocenters. The van der Waals surface area contributed by atoms with E-state index in [0.29, 0.717) is 23.6 Å². The number of hydrogen-bond acceptors (Lipinski definition) is 4. The molecule has 0 saturated carbocycles. The van der Waals surface area contributed by atoms with Crippen molar-refractivity contribution in [3.05, 3.63) is 53.6 Å². The van der Waals surface area contributed by atoms with Crippen molar-refractivity contribution in [1.82, 2.24) is 4.98 Å². The van der Waals surface area contributed by atoms with Crippen LogP contribution in [0.4, 0.5) is 4.39 Å². The molecule has 1 atom stereocenters. The van der Waals surface area contributed by atoms with Gasteiger partial charge in [-0.25, -0.2) is 4.39 Å². The van der Waals surface area contributed by atoms with E-state index in [1.807, 2.05) is 19.1 Å². The summed E-state index contributed by atoms with van der Waals surface area (Å²) in [5.74, 6) is 0.907. The van der Waals surface area contributed by atoms with Crippen molar-refractivity contribution in [2.45, 2.75) is 18.9 Å². The lowest BCUT2D eigenvalue weighted by Gasteiger charge is -2.29. The molecular weight excluding hydrogens is 271 g/mol. The molecule has 1 heterocycles. The molecule has 2 rings (SSSR count). The zero-order valence-corrected chi connectivity index (χ0v) is 12.4. The van der Waals surface area contributed by atoms with Crippen LogP contribution in [-0.2, 0) is 5.54 Å². The highest BCUT2D eigenvalue weighted by molar-refractivity contribution is 5.45. The van der Waals surface area contributed by atoms with Crippen molar-refractivity contribution in [1.29, 1.82) is 0 Å². The van der Waals surface area contributed by atoms with E-state index in [-0.39, 0.29) is 5.82 Å². The molecule has 0 bridgehead atoms. The first-order valence-corrected chi connectivity index (χ1v) is 6.68. The highest BCUT2D eigenvalue weighted by Gasteiger charge is 2.30. The van der Waals surface area contributed by atoms with Gasteiger partial charge in [-0.05, 0) is 36.2 Å². The number of benzene rings is 1. The minimum atomic E-state index is -0.838. The quantitative estimate of drug-likeness (QED) is 0.920. The van der Waals surface area contributed by atoms with E-state index in [1.54, 1.807) is 26.4 Å². The number of hydrogen-bond donors (Lipinski definition) is 1. The van der Waals surface area contributed by atoms with Gasteiger partial charge >= 0.3 is 0 Å². The smallest absolute Gasteiger partial charge is 0.141 e. The summed E-state index contributed by atoms with van der Waals surface area (Å²) >= 11 is 0. The zero-order chi connectivity index (χ0) is 15.5. The summed E-state index contributed by atoms with van der Waals surface area (Å²) in [4.78, 5) is 4.13. The van der Waals surface area contributed by atoms with Crippen LogP contribution in [0.1, 0.15) is 24.6 Å². The fourth-order valence-electron chi connectivity index (χ4n) is 2.24. The lowest BCUT2D eigenvalue weighted by atomic mass is 9.84. The van der Waals surface area contributed by atoms with Crippen LogP contribution in [0.25, 0.3) is 0 Å². The lowest BCUT2D eigenvalue weighted by molar-refractivity contribution is 0.389. The Hall–Kier alpha value is -2.14. The minimum Gasteiger partial charge on any atom is -0.497 e. The molecule has 0 amide bonds. The Labute approximate surface area is 123 Å². The Morgan fingerprint density at radius 1 is 1.14 bits per heavy atom. The number of aromatic nitrogens is 1. The van der Waals surface area contributed by atoms with Gasteiger partial charge in [0.25, 0.3) is 0 Å².